The number of nitrogens with two attached hydrogens (primary N) is 2. The van der Waals surface area contributed by atoms with Crippen LogP contribution in [0, 0.1) is 0 Å². The van der Waals surface area contributed by atoms with Gasteiger partial charge < -0.3 is 5.73 Å². The van der Waals surface area contributed by atoms with Crippen LogP contribution < -0.4 is 11.6 Å². The Morgan fingerprint density at radius 2 is 2.38 bits per heavy atom. The van der Waals surface area contributed by atoms with E-state index in [9.17, 15) is 0 Å². The Labute approximate surface area is 52.1 Å². The number of hydrogen-bond donors (Lipinski definition) is 2. The maximum atomic E-state index is 5.37. The van der Waals surface area contributed by atoms with Crippen LogP contribution in [-0.2, 0) is 0 Å². The minimum atomic E-state index is 0.581. The van der Waals surface area contributed by atoms with Crippen molar-refractivity contribution in [3.8, 4) is 0 Å². The van der Waals surface area contributed by atoms with Gasteiger partial charge >= 0.3 is 0 Å². The molecule has 1 aliphatic heterocycles. The molecule has 0 aromatic rings. The predicted molar refractivity (Wildman–Crippen MR) is 35.0 cm³/mol. The number of nitrogens with zero attached hydrogens (tertiary/aromatic N) is 1. The van der Waals surface area contributed by atoms with Crippen molar-refractivity contribution >= 4 is 11.9 Å². The van der Waals surface area contributed by atoms with Gasteiger partial charge in [0.25, 0.3) is 0 Å². The Bertz CT molecular complexity index is 140. The van der Waals surface area contributed by atoms with E-state index in [0.717, 1.165) is 0 Å². The van der Waals surface area contributed by atoms with Crippen LogP contribution in [0.15, 0.2) is 23.4 Å². The Hall–Kier alpha value is -0.610. The highest BCUT2D eigenvalue weighted by Gasteiger charge is 1.99. The van der Waals surface area contributed by atoms with E-state index in [-0.39, 0.29) is 0 Å². The molecular weight excluding hydrogens is 122 g/mol. The monoisotopic (exact) mass is 129 g/mol. The van der Waals surface area contributed by atoms with Crippen LogP contribution in [0.4, 0.5) is 0 Å². The second-order valence-electron chi connectivity index (χ2n) is 1.35. The van der Waals surface area contributed by atoms with Gasteiger partial charge in [0.1, 0.15) is 5.82 Å². The van der Waals surface area contributed by atoms with Crippen LogP contribution in [0.1, 0.15) is 0 Å². The van der Waals surface area contributed by atoms with Crippen LogP contribution >= 0.6 is 11.9 Å². The predicted octanol–water partition coefficient (Wildman–Crippen LogP) is 0.138. The van der Waals surface area contributed by atoms with E-state index in [2.05, 4.69) is 0 Å². The van der Waals surface area contributed by atoms with Gasteiger partial charge in [0.05, 0.1) is 0 Å². The molecule has 3 nitrogen and oxygen atoms in total. The summed E-state index contributed by atoms with van der Waals surface area (Å²) in [5.74, 6) is 5.91. The summed E-state index contributed by atoms with van der Waals surface area (Å²) in [5.41, 5.74) is 5.37. The summed E-state index contributed by atoms with van der Waals surface area (Å²) in [5, 5.41) is 1.86. The Kier molecular flexibility index (Phi) is 1.45. The van der Waals surface area contributed by atoms with E-state index in [1.54, 1.807) is 6.08 Å². The zero-order chi connectivity index (χ0) is 5.98. The molecule has 0 saturated carbocycles. The van der Waals surface area contributed by atoms with Crippen LogP contribution in [0.3, 0.4) is 0 Å². The highest BCUT2D eigenvalue weighted by molar-refractivity contribution is 8.00. The van der Waals surface area contributed by atoms with E-state index >= 15 is 0 Å². The molecule has 0 spiro atoms. The summed E-state index contributed by atoms with van der Waals surface area (Å²) in [4.78, 5) is 0. The zero-order valence-electron chi connectivity index (χ0n) is 4.24. The minimum Gasteiger partial charge on any atom is -0.384 e. The number of rotatable bonds is 0. The molecule has 0 saturated heterocycles. The highest BCUT2D eigenvalue weighted by atomic mass is 32.2. The van der Waals surface area contributed by atoms with Gasteiger partial charge in [0.15, 0.2) is 0 Å². The van der Waals surface area contributed by atoms with Crippen molar-refractivity contribution in [2.75, 3.05) is 0 Å². The second kappa shape index (κ2) is 2.11. The standard InChI is InChI=1S/C4H7N3S/c5-4-2-1-3-8-7(4)6/h1-3H,5-6H2. The minimum absolute atomic E-state index is 0.581. The lowest BCUT2D eigenvalue weighted by Gasteiger charge is -2.16. The summed E-state index contributed by atoms with van der Waals surface area (Å²) >= 11 is 1.36. The van der Waals surface area contributed by atoms with E-state index < -0.39 is 0 Å². The van der Waals surface area contributed by atoms with Crippen molar-refractivity contribution in [3.05, 3.63) is 23.4 Å². The highest BCUT2D eigenvalue weighted by Crippen LogP contribution is 2.13. The molecule has 0 atom stereocenters. The summed E-state index contributed by atoms with van der Waals surface area (Å²) in [6, 6.07) is 0. The fourth-order valence-electron chi connectivity index (χ4n) is 0.373. The Morgan fingerprint density at radius 3 is 2.75 bits per heavy atom. The smallest absolute Gasteiger partial charge is 0.124 e. The quantitative estimate of drug-likeness (QED) is 0.361. The van der Waals surface area contributed by atoms with Crippen molar-refractivity contribution in [1.82, 2.24) is 4.41 Å². The SMILES string of the molecule is NC1=CC=CSN1N. The molecule has 8 heavy (non-hydrogen) atoms. The summed E-state index contributed by atoms with van der Waals surface area (Å²) in [6.07, 6.45) is 3.60. The van der Waals surface area contributed by atoms with Crippen molar-refractivity contribution in [2.24, 2.45) is 11.6 Å². The molecular formula is C4H7N3S. The third-order valence-electron chi connectivity index (χ3n) is 0.774. The maximum Gasteiger partial charge on any atom is 0.124 e. The fourth-order valence-corrected chi connectivity index (χ4v) is 0.835. The van der Waals surface area contributed by atoms with Crippen LogP contribution in [0.5, 0.6) is 0 Å². The maximum absolute atomic E-state index is 5.37. The van der Waals surface area contributed by atoms with Crippen LogP contribution in [0.25, 0.3) is 0 Å². The van der Waals surface area contributed by atoms with Crippen molar-refractivity contribution in [3.63, 3.8) is 0 Å². The van der Waals surface area contributed by atoms with E-state index in [1.807, 2.05) is 11.5 Å². The lowest BCUT2D eigenvalue weighted by atomic mass is 10.5. The molecule has 0 radical (unpaired) electrons. The largest absolute Gasteiger partial charge is 0.384 e. The first-order valence-corrected chi connectivity index (χ1v) is 2.98. The molecule has 1 rings (SSSR count). The number of allylic oxidation sites excluding steroid dienone is 2. The molecule has 0 unspecified atom stereocenters. The molecule has 1 heterocycles. The van der Waals surface area contributed by atoms with Gasteiger partial charge in [-0.3, -0.25) is 0 Å². The summed E-state index contributed by atoms with van der Waals surface area (Å²) in [7, 11) is 0. The molecule has 0 aromatic carbocycles. The third-order valence-corrected chi connectivity index (χ3v) is 1.49. The van der Waals surface area contributed by atoms with E-state index in [4.69, 9.17) is 11.6 Å². The van der Waals surface area contributed by atoms with Gasteiger partial charge in [0.2, 0.25) is 0 Å². The van der Waals surface area contributed by atoms with Gasteiger partial charge in [-0.15, -0.1) is 0 Å². The normalized spacial score (nSPS) is 18.6. The molecule has 0 aromatic heterocycles. The fraction of sp³-hybridized carbons (Fsp3) is 0. The third kappa shape index (κ3) is 0.962. The van der Waals surface area contributed by atoms with Crippen molar-refractivity contribution < 1.29 is 0 Å². The number of hydrogen-bond acceptors (Lipinski definition) is 4. The first-order chi connectivity index (χ1) is 3.80. The first-order valence-electron chi connectivity index (χ1n) is 2.14. The van der Waals surface area contributed by atoms with Crippen LogP contribution in [0.2, 0.25) is 0 Å². The van der Waals surface area contributed by atoms with Gasteiger partial charge in [-0.2, -0.15) is 0 Å². The average Bonchev–Trinajstić information content (AvgIpc) is 1.77. The zero-order valence-corrected chi connectivity index (χ0v) is 5.06. The molecule has 4 N–H and O–H groups in total. The summed E-state index contributed by atoms with van der Waals surface area (Å²) in [6.45, 7) is 0. The van der Waals surface area contributed by atoms with Gasteiger partial charge in [0, 0.05) is 0 Å². The Balaban J connectivity index is 2.66. The lowest BCUT2D eigenvalue weighted by Crippen LogP contribution is -2.27. The lowest BCUT2D eigenvalue weighted by molar-refractivity contribution is 0.607. The van der Waals surface area contributed by atoms with E-state index in [1.165, 1.54) is 16.4 Å². The second-order valence-corrected chi connectivity index (χ2v) is 2.23. The molecule has 0 amide bonds. The van der Waals surface area contributed by atoms with Crippen molar-refractivity contribution in [1.29, 1.82) is 0 Å². The molecule has 0 aliphatic carbocycles. The summed E-state index contributed by atoms with van der Waals surface area (Å²) < 4.78 is 1.40. The molecule has 4 heteroatoms. The molecule has 0 fully saturated rings. The Morgan fingerprint density at radius 1 is 1.62 bits per heavy atom. The molecule has 0 bridgehead atoms. The van der Waals surface area contributed by atoms with Crippen LogP contribution in [-0.4, -0.2) is 4.41 Å². The molecule has 1 aliphatic rings. The van der Waals surface area contributed by atoms with Gasteiger partial charge in [-0.25, -0.2) is 10.3 Å². The van der Waals surface area contributed by atoms with Gasteiger partial charge in [-0.05, 0) is 23.4 Å². The number of hydrazine groups is 1. The molecule has 44 valence electrons. The van der Waals surface area contributed by atoms with Crippen molar-refractivity contribution in [2.45, 2.75) is 0 Å². The van der Waals surface area contributed by atoms with E-state index in [0.29, 0.717) is 5.82 Å². The topological polar surface area (TPSA) is 55.3 Å². The van der Waals surface area contributed by atoms with Gasteiger partial charge in [-0.1, -0.05) is 6.08 Å². The first kappa shape index (κ1) is 5.53. The average molecular weight is 129 g/mol.